The highest BCUT2D eigenvalue weighted by molar-refractivity contribution is 6.31. The maximum Gasteiger partial charge on any atom is 0.317 e. The molecule has 0 saturated carbocycles. The van der Waals surface area contributed by atoms with Crippen LogP contribution >= 0.6 is 11.6 Å². The summed E-state index contributed by atoms with van der Waals surface area (Å²) in [5.74, 6) is -2.82. The molecule has 4 nitrogen and oxygen atoms in total. The molecule has 146 valence electrons. The third kappa shape index (κ3) is 3.94. The van der Waals surface area contributed by atoms with Gasteiger partial charge in [-0.25, -0.2) is 4.39 Å². The number of halogens is 2. The standard InChI is InChI=1S/C22H20ClFO4/c1-3-28-22(26)21-16(20-17(23)5-4-6-18(20)24)11-14(12-19(21)25)13-7-9-15(27-2)10-8-13/h4-10,12,16,21H,3,11H2,1-2H3/t16-,21+/m1/s1. The van der Waals surface area contributed by atoms with Crippen molar-refractivity contribution in [2.45, 2.75) is 19.3 Å². The van der Waals surface area contributed by atoms with Crippen LogP contribution in [-0.4, -0.2) is 25.5 Å². The molecule has 0 bridgehead atoms. The SMILES string of the molecule is CCOC(=O)[C@@H]1C(=O)C=C(c2ccc(OC)cc2)C[C@@H]1c1c(F)cccc1Cl. The number of benzene rings is 2. The molecule has 0 unspecified atom stereocenters. The van der Waals surface area contributed by atoms with E-state index in [0.717, 1.165) is 5.56 Å². The molecule has 28 heavy (non-hydrogen) atoms. The number of allylic oxidation sites excluding steroid dienone is 2. The third-order valence-corrected chi connectivity index (χ3v) is 5.17. The fraction of sp³-hybridized carbons (Fsp3) is 0.273. The summed E-state index contributed by atoms with van der Waals surface area (Å²) < 4.78 is 24.9. The lowest BCUT2D eigenvalue weighted by atomic mass is 9.73. The molecular weight excluding hydrogens is 383 g/mol. The van der Waals surface area contributed by atoms with Gasteiger partial charge in [-0.05, 0) is 54.8 Å². The number of carbonyl (C=O) groups excluding carboxylic acids is 2. The van der Waals surface area contributed by atoms with E-state index < -0.39 is 29.4 Å². The Kier molecular flexibility index (Phi) is 6.15. The molecule has 2 aromatic carbocycles. The molecule has 2 atom stereocenters. The summed E-state index contributed by atoms with van der Waals surface area (Å²) in [7, 11) is 1.57. The van der Waals surface area contributed by atoms with E-state index in [9.17, 15) is 14.0 Å². The lowest BCUT2D eigenvalue weighted by Gasteiger charge is -2.30. The smallest absolute Gasteiger partial charge is 0.317 e. The van der Waals surface area contributed by atoms with Crippen LogP contribution in [0.15, 0.2) is 48.5 Å². The van der Waals surface area contributed by atoms with Crippen LogP contribution in [0, 0.1) is 11.7 Å². The fourth-order valence-electron chi connectivity index (χ4n) is 3.53. The molecule has 0 fully saturated rings. The van der Waals surface area contributed by atoms with E-state index in [-0.39, 0.29) is 23.6 Å². The summed E-state index contributed by atoms with van der Waals surface area (Å²) in [4.78, 5) is 25.3. The van der Waals surface area contributed by atoms with Crippen molar-refractivity contribution in [1.29, 1.82) is 0 Å². The molecule has 0 amide bonds. The van der Waals surface area contributed by atoms with Crippen LogP contribution < -0.4 is 4.74 Å². The van der Waals surface area contributed by atoms with Gasteiger partial charge in [0.05, 0.1) is 13.7 Å². The molecular formula is C22H20ClFO4. The molecule has 0 radical (unpaired) electrons. The number of ketones is 1. The first-order valence-corrected chi connectivity index (χ1v) is 9.33. The van der Waals surface area contributed by atoms with Gasteiger partial charge in [0.15, 0.2) is 5.78 Å². The Morgan fingerprint density at radius 2 is 1.93 bits per heavy atom. The number of esters is 1. The second-order valence-corrected chi connectivity index (χ2v) is 6.88. The molecule has 0 saturated heterocycles. The zero-order chi connectivity index (χ0) is 20.3. The van der Waals surface area contributed by atoms with E-state index >= 15 is 0 Å². The monoisotopic (exact) mass is 402 g/mol. The molecule has 3 rings (SSSR count). The van der Waals surface area contributed by atoms with Gasteiger partial charge in [0.25, 0.3) is 0 Å². The summed E-state index contributed by atoms with van der Waals surface area (Å²) in [6, 6.07) is 11.5. The average molecular weight is 403 g/mol. The van der Waals surface area contributed by atoms with Crippen molar-refractivity contribution in [3.05, 3.63) is 70.5 Å². The van der Waals surface area contributed by atoms with Crippen LogP contribution in [0.5, 0.6) is 5.75 Å². The number of hydrogen-bond acceptors (Lipinski definition) is 4. The van der Waals surface area contributed by atoms with Crippen molar-refractivity contribution in [3.63, 3.8) is 0 Å². The second kappa shape index (κ2) is 8.57. The van der Waals surface area contributed by atoms with Crippen molar-refractivity contribution >= 4 is 28.9 Å². The Labute approximate surface area is 167 Å². The van der Waals surface area contributed by atoms with E-state index in [1.54, 1.807) is 32.2 Å². The Hall–Kier alpha value is -2.66. The van der Waals surface area contributed by atoms with Gasteiger partial charge in [-0.1, -0.05) is 29.8 Å². The van der Waals surface area contributed by atoms with Gasteiger partial charge >= 0.3 is 5.97 Å². The van der Waals surface area contributed by atoms with Gasteiger partial charge in [-0.15, -0.1) is 0 Å². The highest BCUT2D eigenvalue weighted by Gasteiger charge is 2.41. The maximum absolute atomic E-state index is 14.6. The van der Waals surface area contributed by atoms with E-state index in [1.807, 2.05) is 12.1 Å². The van der Waals surface area contributed by atoms with Crippen LogP contribution in [0.3, 0.4) is 0 Å². The van der Waals surface area contributed by atoms with Crippen molar-refractivity contribution in [2.24, 2.45) is 5.92 Å². The lowest BCUT2D eigenvalue weighted by Crippen LogP contribution is -2.34. The summed E-state index contributed by atoms with van der Waals surface area (Å²) >= 11 is 6.25. The second-order valence-electron chi connectivity index (χ2n) is 6.48. The Bertz CT molecular complexity index is 900. The number of methoxy groups -OCH3 is 1. The Morgan fingerprint density at radius 3 is 2.54 bits per heavy atom. The number of rotatable bonds is 5. The quantitative estimate of drug-likeness (QED) is 0.532. The van der Waals surface area contributed by atoms with Crippen molar-refractivity contribution in [1.82, 2.24) is 0 Å². The Balaban J connectivity index is 2.07. The molecule has 0 N–H and O–H groups in total. The fourth-order valence-corrected chi connectivity index (χ4v) is 3.83. The van der Waals surface area contributed by atoms with Crippen molar-refractivity contribution in [2.75, 3.05) is 13.7 Å². The molecule has 0 aliphatic heterocycles. The topological polar surface area (TPSA) is 52.6 Å². The minimum absolute atomic E-state index is 0.134. The molecule has 1 aliphatic rings. The highest BCUT2D eigenvalue weighted by Crippen LogP contribution is 2.43. The van der Waals surface area contributed by atoms with E-state index in [1.165, 1.54) is 18.2 Å². The molecule has 0 heterocycles. The first kappa shape index (κ1) is 20.1. The van der Waals surface area contributed by atoms with E-state index in [2.05, 4.69) is 0 Å². The first-order valence-electron chi connectivity index (χ1n) is 8.95. The predicted molar refractivity (Wildman–Crippen MR) is 105 cm³/mol. The van der Waals surface area contributed by atoms with Crippen molar-refractivity contribution < 1.29 is 23.5 Å². The van der Waals surface area contributed by atoms with Gasteiger partial charge in [-0.3, -0.25) is 9.59 Å². The zero-order valence-corrected chi connectivity index (χ0v) is 16.3. The summed E-state index contributed by atoms with van der Waals surface area (Å²) in [6.45, 7) is 1.80. The van der Waals surface area contributed by atoms with Crippen LogP contribution in [0.25, 0.3) is 5.57 Å². The molecule has 2 aromatic rings. The lowest BCUT2D eigenvalue weighted by molar-refractivity contribution is -0.151. The van der Waals surface area contributed by atoms with Gasteiger partial charge in [0.1, 0.15) is 17.5 Å². The van der Waals surface area contributed by atoms with Crippen molar-refractivity contribution in [3.8, 4) is 5.75 Å². The summed E-state index contributed by atoms with van der Waals surface area (Å²) in [5, 5.41) is 0.183. The number of ether oxygens (including phenoxy) is 2. The van der Waals surface area contributed by atoms with Gasteiger partial charge in [0.2, 0.25) is 0 Å². The molecule has 0 aromatic heterocycles. The van der Waals surface area contributed by atoms with Gasteiger partial charge < -0.3 is 9.47 Å². The molecule has 0 spiro atoms. The Morgan fingerprint density at radius 1 is 1.21 bits per heavy atom. The number of carbonyl (C=O) groups is 2. The van der Waals surface area contributed by atoms with Gasteiger partial charge in [0, 0.05) is 16.5 Å². The highest BCUT2D eigenvalue weighted by atomic mass is 35.5. The van der Waals surface area contributed by atoms with E-state index in [0.29, 0.717) is 11.3 Å². The van der Waals surface area contributed by atoms with Crippen LogP contribution in [0.2, 0.25) is 5.02 Å². The summed E-state index contributed by atoms with van der Waals surface area (Å²) in [5.41, 5.74) is 1.67. The largest absolute Gasteiger partial charge is 0.497 e. The third-order valence-electron chi connectivity index (χ3n) is 4.84. The number of hydrogen-bond donors (Lipinski definition) is 0. The van der Waals surface area contributed by atoms with Crippen LogP contribution in [0.4, 0.5) is 4.39 Å². The first-order chi connectivity index (χ1) is 13.5. The van der Waals surface area contributed by atoms with Crippen LogP contribution in [-0.2, 0) is 14.3 Å². The molecule has 1 aliphatic carbocycles. The average Bonchev–Trinajstić information content (AvgIpc) is 2.67. The zero-order valence-electron chi connectivity index (χ0n) is 15.6. The minimum Gasteiger partial charge on any atom is -0.497 e. The minimum atomic E-state index is -1.13. The van der Waals surface area contributed by atoms with Gasteiger partial charge in [-0.2, -0.15) is 0 Å². The normalized spacial score (nSPS) is 19.1. The molecule has 6 heteroatoms. The maximum atomic E-state index is 14.6. The predicted octanol–water partition coefficient (Wildman–Crippen LogP) is 4.81. The van der Waals surface area contributed by atoms with Crippen LogP contribution in [0.1, 0.15) is 30.4 Å². The van der Waals surface area contributed by atoms with E-state index in [4.69, 9.17) is 21.1 Å². The summed E-state index contributed by atoms with van der Waals surface area (Å²) in [6.07, 6.45) is 1.72.